The highest BCUT2D eigenvalue weighted by molar-refractivity contribution is 7.20. The third kappa shape index (κ3) is 2.92. The third-order valence-corrected chi connectivity index (χ3v) is 5.91. The molecule has 0 saturated heterocycles. The number of rotatable bonds is 5. The third-order valence-electron chi connectivity index (χ3n) is 4.02. The second-order valence-electron chi connectivity index (χ2n) is 5.57. The van der Waals surface area contributed by atoms with E-state index in [1.165, 1.54) is 0 Å². The number of carbonyl (C=O) groups is 1. The van der Waals surface area contributed by atoms with Crippen LogP contribution in [0, 0.1) is 6.92 Å². The number of nitrogens with two attached hydrogens (primary N) is 1. The minimum Gasteiger partial charge on any atom is -0.467 e. The zero-order valence-corrected chi connectivity index (χ0v) is 15.1. The van der Waals surface area contributed by atoms with Crippen molar-refractivity contribution < 1.29 is 9.21 Å². The lowest BCUT2D eigenvalue weighted by Crippen LogP contribution is -2.12. The smallest absolute Gasteiger partial charge is 0.250 e. The van der Waals surface area contributed by atoms with Crippen molar-refractivity contribution in [2.75, 3.05) is 0 Å². The molecule has 1 amide bonds. The number of aromatic nitrogens is 2. The van der Waals surface area contributed by atoms with Crippen molar-refractivity contribution in [3.63, 3.8) is 0 Å². The predicted octanol–water partition coefficient (Wildman–Crippen LogP) is 4.39. The van der Waals surface area contributed by atoms with E-state index >= 15 is 0 Å². The van der Waals surface area contributed by atoms with E-state index in [4.69, 9.17) is 15.1 Å². The molecule has 4 rings (SSSR count). The Morgan fingerprint density at radius 1 is 1.32 bits per heavy atom. The minimum atomic E-state index is -0.439. The minimum absolute atomic E-state index is 0.439. The zero-order chi connectivity index (χ0) is 17.4. The summed E-state index contributed by atoms with van der Waals surface area (Å²) in [5.41, 5.74) is 8.55. The van der Waals surface area contributed by atoms with Crippen LogP contribution in [0.3, 0.4) is 0 Å². The van der Waals surface area contributed by atoms with Crippen LogP contribution in [0.15, 0.2) is 51.8 Å². The number of carbonyl (C=O) groups excluding carboxylic acids is 1. The molecule has 0 unspecified atom stereocenters. The molecule has 4 heterocycles. The van der Waals surface area contributed by atoms with E-state index in [2.05, 4.69) is 6.07 Å². The average Bonchev–Trinajstić information content (AvgIpc) is 3.35. The Labute approximate surface area is 152 Å². The summed E-state index contributed by atoms with van der Waals surface area (Å²) in [4.78, 5) is 17.7. The second-order valence-corrected chi connectivity index (χ2v) is 7.38. The van der Waals surface area contributed by atoms with Crippen LogP contribution in [0.4, 0.5) is 0 Å². The molecule has 0 aliphatic heterocycles. The van der Waals surface area contributed by atoms with Gasteiger partial charge in [0, 0.05) is 11.1 Å². The standard InChI is InChI=1S/C18H15N3O2S2/c1-11-13(17(19)22)8-15(21(11)9-12-4-2-6-23-12)14-10-25-18(20-14)16-5-3-7-24-16/h2-8,10H,9H2,1H3,(H2,19,22). The first-order valence-electron chi connectivity index (χ1n) is 7.65. The van der Waals surface area contributed by atoms with E-state index in [9.17, 15) is 4.79 Å². The summed E-state index contributed by atoms with van der Waals surface area (Å²) in [7, 11) is 0. The lowest BCUT2D eigenvalue weighted by atomic mass is 10.2. The predicted molar refractivity (Wildman–Crippen MR) is 99.9 cm³/mol. The quantitative estimate of drug-likeness (QED) is 0.567. The van der Waals surface area contributed by atoms with Crippen LogP contribution in [-0.4, -0.2) is 15.5 Å². The largest absolute Gasteiger partial charge is 0.467 e. The molecule has 0 atom stereocenters. The van der Waals surface area contributed by atoms with Crippen molar-refractivity contribution in [1.29, 1.82) is 0 Å². The monoisotopic (exact) mass is 369 g/mol. The molecule has 0 fully saturated rings. The average molecular weight is 369 g/mol. The molecule has 0 aliphatic rings. The van der Waals surface area contributed by atoms with Gasteiger partial charge in [0.1, 0.15) is 10.8 Å². The summed E-state index contributed by atoms with van der Waals surface area (Å²) in [5.74, 6) is 0.371. The summed E-state index contributed by atoms with van der Waals surface area (Å²) in [6.45, 7) is 2.41. The molecule has 0 aromatic carbocycles. The molecule has 0 spiro atoms. The van der Waals surface area contributed by atoms with Crippen LogP contribution in [-0.2, 0) is 6.54 Å². The van der Waals surface area contributed by atoms with Crippen molar-refractivity contribution in [1.82, 2.24) is 9.55 Å². The van der Waals surface area contributed by atoms with Crippen molar-refractivity contribution in [2.45, 2.75) is 13.5 Å². The molecule has 4 aromatic rings. The highest BCUT2D eigenvalue weighted by Gasteiger charge is 2.19. The summed E-state index contributed by atoms with van der Waals surface area (Å²) < 4.78 is 7.48. The van der Waals surface area contributed by atoms with Crippen molar-refractivity contribution in [2.24, 2.45) is 5.73 Å². The molecular weight excluding hydrogens is 354 g/mol. The number of furan rings is 1. The number of thiophene rings is 1. The van der Waals surface area contributed by atoms with E-state index < -0.39 is 5.91 Å². The Morgan fingerprint density at radius 2 is 2.20 bits per heavy atom. The SMILES string of the molecule is Cc1c(C(N)=O)cc(-c2csc(-c3cccs3)n2)n1Cc1ccco1. The summed E-state index contributed by atoms with van der Waals surface area (Å²) in [5, 5.41) is 5.01. The van der Waals surface area contributed by atoms with Crippen LogP contribution in [0.5, 0.6) is 0 Å². The van der Waals surface area contributed by atoms with Crippen LogP contribution in [0.25, 0.3) is 21.3 Å². The van der Waals surface area contributed by atoms with Gasteiger partial charge in [0.05, 0.1) is 34.6 Å². The fraction of sp³-hybridized carbons (Fsp3) is 0.111. The number of amides is 1. The van der Waals surface area contributed by atoms with Gasteiger partial charge >= 0.3 is 0 Å². The lowest BCUT2D eigenvalue weighted by molar-refractivity contribution is 0.0999. The van der Waals surface area contributed by atoms with Gasteiger partial charge < -0.3 is 14.7 Å². The Bertz CT molecular complexity index is 1010. The van der Waals surface area contributed by atoms with Gasteiger partial charge in [-0.1, -0.05) is 6.07 Å². The summed E-state index contributed by atoms with van der Waals surface area (Å²) in [6.07, 6.45) is 1.64. The molecule has 126 valence electrons. The van der Waals surface area contributed by atoms with Crippen LogP contribution in [0.2, 0.25) is 0 Å². The van der Waals surface area contributed by atoms with Gasteiger partial charge in [-0.15, -0.1) is 22.7 Å². The molecule has 25 heavy (non-hydrogen) atoms. The first-order valence-corrected chi connectivity index (χ1v) is 9.41. The lowest BCUT2D eigenvalue weighted by Gasteiger charge is -2.08. The Kier molecular flexibility index (Phi) is 4.03. The molecule has 5 nitrogen and oxygen atoms in total. The maximum absolute atomic E-state index is 11.8. The topological polar surface area (TPSA) is 74.1 Å². The van der Waals surface area contributed by atoms with Gasteiger partial charge in [-0.05, 0) is 36.6 Å². The number of hydrogen-bond donors (Lipinski definition) is 1. The Balaban J connectivity index is 1.80. The van der Waals surface area contributed by atoms with E-state index in [1.54, 1.807) is 28.9 Å². The summed E-state index contributed by atoms with van der Waals surface area (Å²) >= 11 is 3.25. The van der Waals surface area contributed by atoms with Crippen molar-refractivity contribution in [3.05, 3.63) is 64.4 Å². The van der Waals surface area contributed by atoms with Gasteiger partial charge in [0.2, 0.25) is 0 Å². The molecule has 0 radical (unpaired) electrons. The Hall–Kier alpha value is -2.64. The van der Waals surface area contributed by atoms with E-state index in [-0.39, 0.29) is 0 Å². The normalized spacial score (nSPS) is 11.1. The van der Waals surface area contributed by atoms with Crippen molar-refractivity contribution in [3.8, 4) is 21.3 Å². The summed E-state index contributed by atoms with van der Waals surface area (Å²) in [6, 6.07) is 9.63. The fourth-order valence-electron chi connectivity index (χ4n) is 2.77. The molecule has 4 aromatic heterocycles. The van der Waals surface area contributed by atoms with Crippen LogP contribution >= 0.6 is 22.7 Å². The Morgan fingerprint density at radius 3 is 2.88 bits per heavy atom. The van der Waals surface area contributed by atoms with E-state index in [0.29, 0.717) is 12.1 Å². The first-order chi connectivity index (χ1) is 12.1. The highest BCUT2D eigenvalue weighted by Crippen LogP contribution is 2.33. The maximum atomic E-state index is 11.8. The van der Waals surface area contributed by atoms with Gasteiger partial charge in [-0.2, -0.15) is 0 Å². The van der Waals surface area contributed by atoms with Gasteiger partial charge in [-0.3, -0.25) is 4.79 Å². The molecule has 0 aliphatic carbocycles. The number of nitrogens with zero attached hydrogens (tertiary/aromatic N) is 2. The molecule has 2 N–H and O–H groups in total. The van der Waals surface area contributed by atoms with Gasteiger partial charge in [0.25, 0.3) is 5.91 Å². The maximum Gasteiger partial charge on any atom is 0.250 e. The number of primary amides is 1. The number of thiazole rings is 1. The molecular formula is C18H15N3O2S2. The zero-order valence-electron chi connectivity index (χ0n) is 13.4. The molecule has 7 heteroatoms. The van der Waals surface area contributed by atoms with E-state index in [0.717, 1.165) is 32.7 Å². The highest BCUT2D eigenvalue weighted by atomic mass is 32.1. The van der Waals surface area contributed by atoms with Crippen molar-refractivity contribution >= 4 is 28.6 Å². The van der Waals surface area contributed by atoms with Crippen LogP contribution in [0.1, 0.15) is 21.8 Å². The van der Waals surface area contributed by atoms with Gasteiger partial charge in [-0.25, -0.2) is 4.98 Å². The van der Waals surface area contributed by atoms with Crippen LogP contribution < -0.4 is 5.73 Å². The number of hydrogen-bond acceptors (Lipinski definition) is 5. The molecule has 0 bridgehead atoms. The second kappa shape index (κ2) is 6.34. The first kappa shape index (κ1) is 15.9. The molecule has 0 saturated carbocycles. The van der Waals surface area contributed by atoms with Gasteiger partial charge in [0.15, 0.2) is 0 Å². The van der Waals surface area contributed by atoms with E-state index in [1.807, 2.05) is 46.5 Å². The fourth-order valence-corrected chi connectivity index (χ4v) is 4.40.